The second kappa shape index (κ2) is 9.43. The van der Waals surface area contributed by atoms with Crippen molar-refractivity contribution in [3.63, 3.8) is 0 Å². The van der Waals surface area contributed by atoms with Gasteiger partial charge in [0.05, 0.1) is 11.9 Å². The Hall–Kier alpha value is -3.67. The number of nitrogens with two attached hydrogens (primary N) is 1. The molecule has 162 valence electrons. The Morgan fingerprint density at radius 2 is 2.23 bits per heavy atom. The first-order valence-electron chi connectivity index (χ1n) is 10.1. The quantitative estimate of drug-likeness (QED) is 0.420. The number of carbonyl (C=O) groups is 1. The molecule has 4 rings (SSSR count). The zero-order chi connectivity index (χ0) is 21.6. The smallest absolute Gasteiger partial charge is 0.293 e. The van der Waals surface area contributed by atoms with Gasteiger partial charge in [0.25, 0.3) is 5.91 Å². The molecule has 0 atom stereocenters. The largest absolute Gasteiger partial charge is 0.378 e. The van der Waals surface area contributed by atoms with Crippen molar-refractivity contribution in [3.05, 3.63) is 41.5 Å². The van der Waals surface area contributed by atoms with E-state index in [1.807, 2.05) is 13.1 Å². The van der Waals surface area contributed by atoms with Gasteiger partial charge in [-0.2, -0.15) is 9.78 Å². The Labute approximate surface area is 178 Å². The van der Waals surface area contributed by atoms with E-state index in [4.69, 9.17) is 10.4 Å². The van der Waals surface area contributed by atoms with Gasteiger partial charge in [0, 0.05) is 30.5 Å². The molecular formula is C19H24N10O2. The number of hydrazone groups is 1. The highest BCUT2D eigenvalue weighted by atomic mass is 16.6. The molecule has 0 spiro atoms. The number of carbonyl (C=O) groups excluding carboxylic acids is 1. The fourth-order valence-corrected chi connectivity index (χ4v) is 3.69. The van der Waals surface area contributed by atoms with E-state index >= 15 is 0 Å². The minimum absolute atomic E-state index is 0.0630. The van der Waals surface area contributed by atoms with Gasteiger partial charge in [-0.3, -0.25) is 14.7 Å². The van der Waals surface area contributed by atoms with Crippen molar-refractivity contribution in [2.75, 3.05) is 12.8 Å². The van der Waals surface area contributed by atoms with E-state index < -0.39 is 5.91 Å². The van der Waals surface area contributed by atoms with E-state index in [0.717, 1.165) is 18.4 Å². The maximum Gasteiger partial charge on any atom is 0.293 e. The minimum Gasteiger partial charge on any atom is -0.378 e. The molecule has 12 heteroatoms. The van der Waals surface area contributed by atoms with E-state index in [-0.39, 0.29) is 17.3 Å². The van der Waals surface area contributed by atoms with Crippen LogP contribution in [0.25, 0.3) is 5.82 Å². The third kappa shape index (κ3) is 4.74. The van der Waals surface area contributed by atoms with E-state index in [9.17, 15) is 4.79 Å². The lowest BCUT2D eigenvalue weighted by molar-refractivity contribution is 0.0947. The van der Waals surface area contributed by atoms with Crippen LogP contribution < -0.4 is 11.2 Å². The number of aromatic nitrogens is 6. The van der Waals surface area contributed by atoms with Gasteiger partial charge in [-0.25, -0.2) is 10.1 Å². The lowest BCUT2D eigenvalue weighted by Gasteiger charge is -2.31. The molecule has 3 aromatic heterocycles. The Morgan fingerprint density at radius 3 is 2.94 bits per heavy atom. The predicted octanol–water partition coefficient (Wildman–Crippen LogP) is 1.16. The fourth-order valence-electron chi connectivity index (χ4n) is 3.69. The van der Waals surface area contributed by atoms with Gasteiger partial charge in [-0.05, 0) is 36.3 Å². The normalized spacial score (nSPS) is 15.0. The Balaban J connectivity index is 1.57. The third-order valence-corrected chi connectivity index (χ3v) is 5.34. The summed E-state index contributed by atoms with van der Waals surface area (Å²) in [6.07, 6.45) is 10.7. The van der Waals surface area contributed by atoms with Crippen molar-refractivity contribution in [2.45, 2.75) is 44.7 Å². The fraction of sp³-hybridized carbons (Fsp3) is 0.421. The summed E-state index contributed by atoms with van der Waals surface area (Å²) in [6.45, 7) is 0.430. The SMILES string of the molecule is CN(Cc1c(C(=O)NN=Cc2cccnc2)nnn1-c1nonc1N)C1CCCCC1. The molecule has 1 fully saturated rings. The lowest BCUT2D eigenvalue weighted by Crippen LogP contribution is -2.34. The lowest BCUT2D eigenvalue weighted by atomic mass is 9.94. The highest BCUT2D eigenvalue weighted by Gasteiger charge is 2.27. The minimum atomic E-state index is -0.492. The van der Waals surface area contributed by atoms with Crippen LogP contribution in [0.5, 0.6) is 0 Å². The van der Waals surface area contributed by atoms with Crippen molar-refractivity contribution in [1.82, 2.24) is 40.6 Å². The second-order valence-electron chi connectivity index (χ2n) is 7.46. The van der Waals surface area contributed by atoms with Crippen molar-refractivity contribution < 1.29 is 9.42 Å². The summed E-state index contributed by atoms with van der Waals surface area (Å²) in [7, 11) is 2.03. The van der Waals surface area contributed by atoms with Crippen molar-refractivity contribution >= 4 is 17.9 Å². The molecule has 3 heterocycles. The molecule has 1 saturated carbocycles. The summed E-state index contributed by atoms with van der Waals surface area (Å²) in [4.78, 5) is 19.0. The Bertz CT molecular complexity index is 1040. The predicted molar refractivity (Wildman–Crippen MR) is 111 cm³/mol. The van der Waals surface area contributed by atoms with E-state index in [1.54, 1.807) is 18.5 Å². The summed E-state index contributed by atoms with van der Waals surface area (Å²) in [5.74, 6) is -0.237. The van der Waals surface area contributed by atoms with E-state index in [2.05, 4.69) is 41.0 Å². The number of hydrogen-bond acceptors (Lipinski definition) is 10. The Kier molecular flexibility index (Phi) is 6.26. The van der Waals surface area contributed by atoms with Gasteiger partial charge in [0.15, 0.2) is 5.69 Å². The maximum atomic E-state index is 12.8. The molecule has 0 bridgehead atoms. The topological polar surface area (TPSA) is 153 Å². The number of nitrogen functional groups attached to an aromatic ring is 1. The van der Waals surface area contributed by atoms with Gasteiger partial charge in [0.1, 0.15) is 0 Å². The van der Waals surface area contributed by atoms with Gasteiger partial charge in [-0.15, -0.1) is 5.10 Å². The van der Waals surface area contributed by atoms with Gasteiger partial charge >= 0.3 is 0 Å². The van der Waals surface area contributed by atoms with Crippen molar-refractivity contribution in [2.24, 2.45) is 5.10 Å². The van der Waals surface area contributed by atoms with Crippen molar-refractivity contribution in [1.29, 1.82) is 0 Å². The molecule has 0 aliphatic heterocycles. The van der Waals surface area contributed by atoms with Crippen LogP contribution in [0.3, 0.4) is 0 Å². The summed E-state index contributed by atoms with van der Waals surface area (Å²) in [5.41, 5.74) is 9.76. The number of nitrogens with one attached hydrogen (secondary N) is 1. The molecule has 1 aliphatic rings. The molecule has 12 nitrogen and oxygen atoms in total. The average molecular weight is 424 g/mol. The first-order valence-corrected chi connectivity index (χ1v) is 10.1. The summed E-state index contributed by atoms with van der Waals surface area (Å²) < 4.78 is 6.10. The number of anilines is 1. The zero-order valence-electron chi connectivity index (χ0n) is 17.2. The van der Waals surface area contributed by atoms with Gasteiger partial charge < -0.3 is 5.73 Å². The van der Waals surface area contributed by atoms with Crippen LogP contribution in [0.2, 0.25) is 0 Å². The first kappa shape index (κ1) is 20.6. The molecular weight excluding hydrogens is 400 g/mol. The van der Waals surface area contributed by atoms with Crippen LogP contribution in [0.1, 0.15) is 53.8 Å². The highest BCUT2D eigenvalue weighted by molar-refractivity contribution is 5.94. The molecule has 1 aliphatic carbocycles. The monoisotopic (exact) mass is 424 g/mol. The second-order valence-corrected chi connectivity index (χ2v) is 7.46. The average Bonchev–Trinajstić information content (AvgIpc) is 3.40. The summed E-state index contributed by atoms with van der Waals surface area (Å²) in [6, 6.07) is 4.03. The van der Waals surface area contributed by atoms with Gasteiger partial charge in [0.2, 0.25) is 11.6 Å². The molecule has 3 N–H and O–H groups in total. The molecule has 0 unspecified atom stereocenters. The van der Waals surface area contributed by atoms with E-state index in [0.29, 0.717) is 18.3 Å². The zero-order valence-corrected chi connectivity index (χ0v) is 17.2. The summed E-state index contributed by atoms with van der Waals surface area (Å²) >= 11 is 0. The first-order chi connectivity index (χ1) is 15.1. The number of hydrogen-bond donors (Lipinski definition) is 2. The standard InChI is InChI=1S/C19H24N10O2/c1-28(14-7-3-2-4-8-14)12-15-16(23-27-29(15)18-17(20)25-31-26-18)19(30)24-22-11-13-6-5-9-21-10-13/h5-6,9-11,14H,2-4,7-8,12H2,1H3,(H2,20,25)(H,24,30). The number of rotatable bonds is 7. The van der Waals surface area contributed by atoms with Crippen LogP contribution in [0.15, 0.2) is 34.3 Å². The van der Waals surface area contributed by atoms with Crippen molar-refractivity contribution in [3.8, 4) is 5.82 Å². The molecule has 31 heavy (non-hydrogen) atoms. The van der Waals surface area contributed by atoms with E-state index in [1.165, 1.54) is 30.2 Å². The molecule has 3 aromatic rings. The number of nitrogens with zero attached hydrogens (tertiary/aromatic N) is 8. The number of amides is 1. The molecule has 0 aromatic carbocycles. The molecule has 0 saturated heterocycles. The third-order valence-electron chi connectivity index (χ3n) is 5.34. The highest BCUT2D eigenvalue weighted by Crippen LogP contribution is 2.24. The maximum absolute atomic E-state index is 12.8. The molecule has 1 amide bonds. The van der Waals surface area contributed by atoms with Gasteiger partial charge in [-0.1, -0.05) is 30.5 Å². The number of pyridine rings is 1. The van der Waals surface area contributed by atoms with Crippen LogP contribution in [-0.2, 0) is 6.54 Å². The van der Waals surface area contributed by atoms with Crippen LogP contribution >= 0.6 is 0 Å². The van der Waals surface area contributed by atoms with Crippen LogP contribution in [0.4, 0.5) is 5.82 Å². The van der Waals surface area contributed by atoms with Crippen LogP contribution in [0, 0.1) is 0 Å². The van der Waals surface area contributed by atoms with Crippen LogP contribution in [-0.4, -0.2) is 60.4 Å². The summed E-state index contributed by atoms with van der Waals surface area (Å²) in [5, 5.41) is 19.5. The molecule has 0 radical (unpaired) electrons. The Morgan fingerprint density at radius 1 is 1.39 bits per heavy atom.